The minimum atomic E-state index is 0. The predicted molar refractivity (Wildman–Crippen MR) is 70.1 cm³/mol. The van der Waals surface area contributed by atoms with Gasteiger partial charge in [-0.05, 0) is 5.92 Å². The summed E-state index contributed by atoms with van der Waals surface area (Å²) in [7, 11) is 0. The highest BCUT2D eigenvalue weighted by Gasteiger charge is 1.88. The number of hydrogen-bond donors (Lipinski definition) is 0. The summed E-state index contributed by atoms with van der Waals surface area (Å²) < 4.78 is 0. The smallest absolute Gasteiger partial charge is 0.0448 e. The maximum Gasteiger partial charge on any atom is -0.0448 e. The van der Waals surface area contributed by atoms with Gasteiger partial charge in [0.1, 0.15) is 0 Å². The molecule has 0 heterocycles. The lowest BCUT2D eigenvalue weighted by molar-refractivity contribution is 0.544. The Morgan fingerprint density at radius 2 is 0.833 bits per heavy atom. The molecule has 0 spiro atoms. The van der Waals surface area contributed by atoms with Crippen LogP contribution in [0.5, 0.6) is 0 Å². The molecule has 0 aromatic rings. The third-order valence-corrected chi connectivity index (χ3v) is 1.39. The highest BCUT2D eigenvalue weighted by atomic mass is 13.9. The SMILES string of the molecule is C.C.C.C.C.C.CCC(C)CC. The molecule has 0 heteroatoms. The van der Waals surface area contributed by atoms with Crippen molar-refractivity contribution in [3.05, 3.63) is 0 Å². The Kier molecular flexibility index (Phi) is 213. The summed E-state index contributed by atoms with van der Waals surface area (Å²) in [6.07, 6.45) is 2.66. The number of rotatable bonds is 2. The molecule has 0 nitrogen and oxygen atoms in total. The molecule has 0 unspecified atom stereocenters. The molecule has 12 heavy (non-hydrogen) atoms. The van der Waals surface area contributed by atoms with E-state index in [1.807, 2.05) is 0 Å². The van der Waals surface area contributed by atoms with E-state index in [0.717, 1.165) is 5.92 Å². The zero-order chi connectivity index (χ0) is 4.99. The fraction of sp³-hybridized carbons (Fsp3) is 1.00. The molecular weight excluding hydrogens is 144 g/mol. The van der Waals surface area contributed by atoms with Gasteiger partial charge in [-0.15, -0.1) is 0 Å². The van der Waals surface area contributed by atoms with E-state index in [4.69, 9.17) is 0 Å². The summed E-state index contributed by atoms with van der Waals surface area (Å²) in [4.78, 5) is 0. The first-order chi connectivity index (χ1) is 2.81. The van der Waals surface area contributed by atoms with Gasteiger partial charge in [-0.1, -0.05) is 78.2 Å². The van der Waals surface area contributed by atoms with Crippen molar-refractivity contribution < 1.29 is 0 Å². The Morgan fingerprint density at radius 3 is 0.833 bits per heavy atom. The lowest BCUT2D eigenvalue weighted by atomic mass is 10.1. The highest BCUT2D eigenvalue weighted by Crippen LogP contribution is 2.02. The van der Waals surface area contributed by atoms with Gasteiger partial charge in [0.15, 0.2) is 0 Å². The van der Waals surface area contributed by atoms with Crippen molar-refractivity contribution in [2.75, 3.05) is 0 Å². The van der Waals surface area contributed by atoms with Gasteiger partial charge in [0.05, 0.1) is 0 Å². The Morgan fingerprint density at radius 1 is 0.667 bits per heavy atom. The van der Waals surface area contributed by atoms with Crippen LogP contribution in [0, 0.1) is 5.92 Å². The van der Waals surface area contributed by atoms with Crippen LogP contribution in [0.4, 0.5) is 0 Å². The van der Waals surface area contributed by atoms with Gasteiger partial charge in [-0.3, -0.25) is 0 Å². The van der Waals surface area contributed by atoms with Crippen molar-refractivity contribution in [1.29, 1.82) is 0 Å². The highest BCUT2D eigenvalue weighted by molar-refractivity contribution is 4.41. The first-order valence-corrected chi connectivity index (χ1v) is 2.81. The summed E-state index contributed by atoms with van der Waals surface area (Å²) in [6.45, 7) is 6.74. The largest absolute Gasteiger partial charge is 0.0776 e. The molecule has 0 N–H and O–H groups in total. The predicted octanol–water partition coefficient (Wildman–Crippen LogP) is 6.26. The van der Waals surface area contributed by atoms with E-state index >= 15 is 0 Å². The molecule has 0 bridgehead atoms. The molecule has 0 aliphatic heterocycles. The first-order valence-electron chi connectivity index (χ1n) is 2.81. The second-order valence-electron chi connectivity index (χ2n) is 1.92. The fourth-order valence-electron chi connectivity index (χ4n) is 0.289. The quantitative estimate of drug-likeness (QED) is 0.473. The van der Waals surface area contributed by atoms with Crippen LogP contribution >= 0.6 is 0 Å². The second-order valence-corrected chi connectivity index (χ2v) is 1.92. The Hall–Kier alpha value is 0. The second kappa shape index (κ2) is 44.0. The summed E-state index contributed by atoms with van der Waals surface area (Å²) in [5.74, 6) is 0.935. The van der Waals surface area contributed by atoms with Crippen molar-refractivity contribution in [3.63, 3.8) is 0 Å². The van der Waals surface area contributed by atoms with E-state index in [-0.39, 0.29) is 44.6 Å². The summed E-state index contributed by atoms with van der Waals surface area (Å²) in [6, 6.07) is 0. The molecule has 0 amide bonds. The fourth-order valence-corrected chi connectivity index (χ4v) is 0.289. The molecule has 0 atom stereocenters. The van der Waals surface area contributed by atoms with Crippen LogP contribution in [0.15, 0.2) is 0 Å². The summed E-state index contributed by atoms with van der Waals surface area (Å²) in [5, 5.41) is 0. The molecule has 0 saturated carbocycles. The maximum absolute atomic E-state index is 2.28. The van der Waals surface area contributed by atoms with E-state index in [0.29, 0.717) is 0 Å². The minimum Gasteiger partial charge on any atom is -0.0776 e. The first kappa shape index (κ1) is 58.1. The van der Waals surface area contributed by atoms with Crippen molar-refractivity contribution in [1.82, 2.24) is 0 Å². The van der Waals surface area contributed by atoms with Crippen LogP contribution < -0.4 is 0 Å². The lowest BCUT2D eigenvalue weighted by Crippen LogP contribution is -1.85. The van der Waals surface area contributed by atoms with Crippen LogP contribution in [-0.4, -0.2) is 0 Å². The van der Waals surface area contributed by atoms with E-state index in [9.17, 15) is 0 Å². The average Bonchev–Trinajstić information content (AvgIpc) is 1.65. The van der Waals surface area contributed by atoms with Gasteiger partial charge in [0.2, 0.25) is 0 Å². The molecule has 0 fully saturated rings. The third kappa shape index (κ3) is 50.6. The number of hydrogen-bond acceptors (Lipinski definition) is 0. The van der Waals surface area contributed by atoms with Crippen LogP contribution in [0.1, 0.15) is 78.2 Å². The van der Waals surface area contributed by atoms with Crippen molar-refractivity contribution in [2.24, 2.45) is 5.92 Å². The van der Waals surface area contributed by atoms with Gasteiger partial charge >= 0.3 is 0 Å². The van der Waals surface area contributed by atoms with Crippen LogP contribution in [-0.2, 0) is 0 Å². The molecule has 0 aromatic heterocycles. The van der Waals surface area contributed by atoms with Crippen molar-refractivity contribution in [3.8, 4) is 0 Å². The molecule has 0 aliphatic carbocycles. The molecular formula is C12H38. The van der Waals surface area contributed by atoms with E-state index in [2.05, 4.69) is 20.8 Å². The lowest BCUT2D eigenvalue weighted by Gasteiger charge is -1.98. The van der Waals surface area contributed by atoms with E-state index in [1.54, 1.807) is 0 Å². The summed E-state index contributed by atoms with van der Waals surface area (Å²) >= 11 is 0. The van der Waals surface area contributed by atoms with Gasteiger partial charge in [-0.25, -0.2) is 0 Å². The molecule has 0 radical (unpaired) electrons. The van der Waals surface area contributed by atoms with Gasteiger partial charge < -0.3 is 0 Å². The maximum atomic E-state index is 2.28. The average molecular weight is 182 g/mol. The topological polar surface area (TPSA) is 0 Å². The van der Waals surface area contributed by atoms with Crippen LogP contribution in [0.3, 0.4) is 0 Å². The van der Waals surface area contributed by atoms with Gasteiger partial charge in [0.25, 0.3) is 0 Å². The molecule has 0 rings (SSSR count). The zero-order valence-corrected chi connectivity index (χ0v) is 4.99. The van der Waals surface area contributed by atoms with E-state index in [1.165, 1.54) is 12.8 Å². The molecule has 86 valence electrons. The normalized spacial score (nSPS) is 5.00. The van der Waals surface area contributed by atoms with Crippen molar-refractivity contribution in [2.45, 2.75) is 78.2 Å². The van der Waals surface area contributed by atoms with Crippen LogP contribution in [0.25, 0.3) is 0 Å². The molecule has 0 aliphatic rings. The van der Waals surface area contributed by atoms with Gasteiger partial charge in [-0.2, -0.15) is 0 Å². The Balaban J connectivity index is -0.00000000833. The Bertz CT molecular complexity index is 19.2. The Labute approximate surface area is 84.8 Å². The summed E-state index contributed by atoms with van der Waals surface area (Å²) in [5.41, 5.74) is 0. The van der Waals surface area contributed by atoms with Gasteiger partial charge in [0, 0.05) is 0 Å². The molecule has 0 saturated heterocycles. The standard InChI is InChI=1S/C6H14.6CH4/c1-4-6(3)5-2;;;;;;/h6H,4-5H2,1-3H3;6*1H4. The van der Waals surface area contributed by atoms with Crippen LogP contribution in [0.2, 0.25) is 0 Å². The zero-order valence-electron chi connectivity index (χ0n) is 4.99. The van der Waals surface area contributed by atoms with E-state index < -0.39 is 0 Å². The van der Waals surface area contributed by atoms with Crippen molar-refractivity contribution >= 4 is 0 Å². The minimum absolute atomic E-state index is 0. The third-order valence-electron chi connectivity index (χ3n) is 1.39. The monoisotopic (exact) mass is 182 g/mol. The molecule has 0 aromatic carbocycles.